The highest BCUT2D eigenvalue weighted by Gasteiger charge is 2.19. The Balaban J connectivity index is 1.47. The van der Waals surface area contributed by atoms with Crippen molar-refractivity contribution in [3.05, 3.63) is 60.3 Å². The van der Waals surface area contributed by atoms with Crippen LogP contribution in [0.25, 0.3) is 11.0 Å². The number of para-hydroxylation sites is 1. The Kier molecular flexibility index (Phi) is 5.88. The van der Waals surface area contributed by atoms with Gasteiger partial charge in [-0.1, -0.05) is 17.1 Å². The number of anilines is 5. The van der Waals surface area contributed by atoms with E-state index in [1.165, 1.54) is 0 Å². The van der Waals surface area contributed by atoms with E-state index in [1.54, 1.807) is 25.3 Å². The van der Waals surface area contributed by atoms with Gasteiger partial charge in [0.05, 0.1) is 37.0 Å². The number of methoxy groups -OCH3 is 1. The minimum Gasteiger partial charge on any atom is -0.493 e. The summed E-state index contributed by atoms with van der Waals surface area (Å²) in [5.41, 5.74) is 9.11. The van der Waals surface area contributed by atoms with E-state index in [4.69, 9.17) is 20.2 Å². The molecular weight excluding hydrogens is 434 g/mol. The van der Waals surface area contributed by atoms with Crippen LogP contribution in [0, 0.1) is 0 Å². The molecule has 5 rings (SSSR count). The predicted octanol–water partition coefficient (Wildman–Crippen LogP) is 2.81. The van der Waals surface area contributed by atoms with Crippen molar-refractivity contribution in [2.45, 2.75) is 0 Å². The molecule has 0 bridgehead atoms. The number of H-pyrrole nitrogens is 2. The summed E-state index contributed by atoms with van der Waals surface area (Å²) in [6, 6.07) is 15.0. The van der Waals surface area contributed by atoms with E-state index in [1.807, 2.05) is 36.5 Å². The number of rotatable bonds is 7. The van der Waals surface area contributed by atoms with Gasteiger partial charge in [0.15, 0.2) is 5.75 Å². The Morgan fingerprint density at radius 3 is 2.76 bits per heavy atom. The standard InChI is InChI=1S/C24H25N7O3/c1-33-20-14-15(31-10-12-34-13-11-31)6-7-19(20)28-24-29-22-17(8-9-26-22)23(30-24)27-18-5-3-2-4-16(18)21(25)32/h2-9,14H,10-13H2,1H3,(H2,25,32)(H3,26,27,28,29,30)/p+1. The van der Waals surface area contributed by atoms with Gasteiger partial charge in [0.25, 0.3) is 5.91 Å². The summed E-state index contributed by atoms with van der Waals surface area (Å²) in [4.78, 5) is 25.3. The van der Waals surface area contributed by atoms with E-state index in [0.717, 1.165) is 35.5 Å². The van der Waals surface area contributed by atoms with E-state index in [0.29, 0.717) is 42.0 Å². The van der Waals surface area contributed by atoms with Gasteiger partial charge in [-0.2, -0.15) is 0 Å². The Morgan fingerprint density at radius 1 is 1.15 bits per heavy atom. The maximum Gasteiger partial charge on any atom is 0.351 e. The molecular formula is C24H26N7O3+. The van der Waals surface area contributed by atoms with E-state index < -0.39 is 5.91 Å². The molecule has 34 heavy (non-hydrogen) atoms. The number of nitrogens with two attached hydrogens (primary N) is 1. The van der Waals surface area contributed by atoms with Crippen LogP contribution in [0.4, 0.5) is 28.8 Å². The van der Waals surface area contributed by atoms with E-state index in [2.05, 4.69) is 25.5 Å². The van der Waals surface area contributed by atoms with Crippen molar-refractivity contribution in [2.75, 3.05) is 48.9 Å². The molecule has 0 radical (unpaired) electrons. The second kappa shape index (κ2) is 9.28. The lowest BCUT2D eigenvalue weighted by Crippen LogP contribution is -2.36. The number of fused-ring (bicyclic) bond motifs is 1. The van der Waals surface area contributed by atoms with Crippen LogP contribution in [0.3, 0.4) is 0 Å². The zero-order chi connectivity index (χ0) is 23.5. The van der Waals surface area contributed by atoms with E-state index >= 15 is 0 Å². The van der Waals surface area contributed by atoms with Crippen molar-refractivity contribution in [1.29, 1.82) is 0 Å². The third-order valence-electron chi connectivity index (χ3n) is 5.73. The highest BCUT2D eigenvalue weighted by Crippen LogP contribution is 2.32. The first-order chi connectivity index (χ1) is 16.6. The normalized spacial score (nSPS) is 13.6. The summed E-state index contributed by atoms with van der Waals surface area (Å²) in [5, 5.41) is 7.39. The van der Waals surface area contributed by atoms with Crippen LogP contribution in [0.5, 0.6) is 5.75 Å². The van der Waals surface area contributed by atoms with Crippen LogP contribution in [-0.2, 0) is 4.74 Å². The molecule has 1 aliphatic rings. The van der Waals surface area contributed by atoms with Gasteiger partial charge in [0.2, 0.25) is 11.5 Å². The third-order valence-corrected chi connectivity index (χ3v) is 5.73. The minimum atomic E-state index is -0.514. The Labute approximate surface area is 196 Å². The van der Waals surface area contributed by atoms with Crippen LogP contribution in [0.1, 0.15) is 10.4 Å². The van der Waals surface area contributed by atoms with Gasteiger partial charge in [-0.15, -0.1) is 0 Å². The fourth-order valence-electron chi connectivity index (χ4n) is 4.01. The van der Waals surface area contributed by atoms with Crippen LogP contribution in [0.15, 0.2) is 54.7 Å². The van der Waals surface area contributed by atoms with Crippen molar-refractivity contribution >= 4 is 45.8 Å². The first-order valence-corrected chi connectivity index (χ1v) is 11.0. The van der Waals surface area contributed by atoms with Gasteiger partial charge in [-0.05, 0) is 30.3 Å². The van der Waals surface area contributed by atoms with Gasteiger partial charge >= 0.3 is 5.95 Å². The molecule has 0 aliphatic carbocycles. The molecule has 10 nitrogen and oxygen atoms in total. The zero-order valence-electron chi connectivity index (χ0n) is 18.7. The van der Waals surface area contributed by atoms with Gasteiger partial charge in [-0.25, -0.2) is 4.98 Å². The van der Waals surface area contributed by atoms with Gasteiger partial charge in [0.1, 0.15) is 5.69 Å². The minimum absolute atomic E-state index is 0.385. The molecule has 4 aromatic rings. The van der Waals surface area contributed by atoms with E-state index in [9.17, 15) is 4.79 Å². The first-order valence-electron chi connectivity index (χ1n) is 11.0. The van der Waals surface area contributed by atoms with Crippen molar-refractivity contribution in [2.24, 2.45) is 5.73 Å². The van der Waals surface area contributed by atoms with E-state index in [-0.39, 0.29) is 0 Å². The second-order valence-corrected chi connectivity index (χ2v) is 7.84. The number of nitrogens with zero attached hydrogens (tertiary/aromatic N) is 2. The lowest BCUT2D eigenvalue weighted by molar-refractivity contribution is -0.333. The molecule has 2 aromatic carbocycles. The highest BCUT2D eigenvalue weighted by atomic mass is 16.5. The molecule has 3 heterocycles. The van der Waals surface area contributed by atoms with Crippen molar-refractivity contribution < 1.29 is 19.3 Å². The SMILES string of the molecule is COc1cc(N2CCOCC2)ccc1Nc1nc(Nc2ccccc2C(N)=O)c2cc[nH]c2[nH+]1. The summed E-state index contributed by atoms with van der Waals surface area (Å²) in [5.74, 6) is 1.24. The number of ether oxygens (including phenoxy) is 2. The number of carbonyl (C=O) groups is 1. The van der Waals surface area contributed by atoms with Crippen LogP contribution in [-0.4, -0.2) is 49.3 Å². The molecule has 0 atom stereocenters. The Bertz CT molecular complexity index is 1330. The molecule has 2 aromatic heterocycles. The highest BCUT2D eigenvalue weighted by molar-refractivity contribution is 6.00. The van der Waals surface area contributed by atoms with Crippen molar-refractivity contribution in [3.63, 3.8) is 0 Å². The smallest absolute Gasteiger partial charge is 0.351 e. The average molecular weight is 461 g/mol. The average Bonchev–Trinajstić information content (AvgIpc) is 3.34. The lowest BCUT2D eigenvalue weighted by atomic mass is 10.1. The summed E-state index contributed by atoms with van der Waals surface area (Å²) in [7, 11) is 1.64. The molecule has 174 valence electrons. The number of aromatic amines is 2. The molecule has 1 fully saturated rings. The van der Waals surface area contributed by atoms with Gasteiger partial charge in [0, 0.05) is 31.0 Å². The largest absolute Gasteiger partial charge is 0.493 e. The summed E-state index contributed by atoms with van der Waals surface area (Å²) < 4.78 is 11.1. The molecule has 6 N–H and O–H groups in total. The molecule has 0 spiro atoms. The number of benzene rings is 2. The monoisotopic (exact) mass is 460 g/mol. The maximum absolute atomic E-state index is 11.9. The Morgan fingerprint density at radius 2 is 1.97 bits per heavy atom. The summed E-state index contributed by atoms with van der Waals surface area (Å²) in [6.45, 7) is 3.12. The summed E-state index contributed by atoms with van der Waals surface area (Å²) >= 11 is 0. The van der Waals surface area contributed by atoms with Crippen LogP contribution < -0.4 is 31.0 Å². The Hall–Kier alpha value is -4.31. The van der Waals surface area contributed by atoms with Crippen LogP contribution >= 0.6 is 0 Å². The van der Waals surface area contributed by atoms with Gasteiger partial charge < -0.3 is 25.4 Å². The summed E-state index contributed by atoms with van der Waals surface area (Å²) in [6.07, 6.45) is 1.81. The number of amides is 1. The topological polar surface area (TPSA) is 132 Å². The second-order valence-electron chi connectivity index (χ2n) is 7.84. The number of morpholine rings is 1. The number of aromatic nitrogens is 3. The number of hydrogen-bond acceptors (Lipinski definition) is 7. The first kappa shape index (κ1) is 21.5. The number of nitrogens with one attached hydrogen (secondary N) is 4. The molecule has 1 aliphatic heterocycles. The number of carbonyl (C=O) groups excluding carboxylic acids is 1. The fourth-order valence-corrected chi connectivity index (χ4v) is 4.01. The van der Waals surface area contributed by atoms with Crippen molar-refractivity contribution in [1.82, 2.24) is 9.97 Å². The molecule has 1 amide bonds. The lowest BCUT2D eigenvalue weighted by Gasteiger charge is -2.29. The maximum atomic E-state index is 11.9. The van der Waals surface area contributed by atoms with Crippen LogP contribution in [0.2, 0.25) is 0 Å². The number of primary amides is 1. The van der Waals surface area contributed by atoms with Crippen molar-refractivity contribution in [3.8, 4) is 5.75 Å². The zero-order valence-corrected chi connectivity index (χ0v) is 18.7. The quantitative estimate of drug-likeness (QED) is 0.333. The molecule has 0 unspecified atom stereocenters. The fraction of sp³-hybridized carbons (Fsp3) is 0.208. The number of hydrogen-bond donors (Lipinski definition) is 4. The molecule has 0 saturated carbocycles. The third kappa shape index (κ3) is 4.30. The molecule has 10 heteroatoms. The van der Waals surface area contributed by atoms with Gasteiger partial charge in [-0.3, -0.25) is 15.1 Å². The molecule has 1 saturated heterocycles. The predicted molar refractivity (Wildman–Crippen MR) is 130 cm³/mol.